The first kappa shape index (κ1) is 16.6. The molecule has 0 aliphatic heterocycles. The first-order valence-corrected chi connectivity index (χ1v) is 7.34. The van der Waals surface area contributed by atoms with Gasteiger partial charge in [0.1, 0.15) is 0 Å². The summed E-state index contributed by atoms with van der Waals surface area (Å²) < 4.78 is 40.1. The van der Waals surface area contributed by atoms with Crippen molar-refractivity contribution in [1.82, 2.24) is 0 Å². The maximum Gasteiger partial charge on any atom is 0.417 e. The van der Waals surface area contributed by atoms with E-state index >= 15 is 0 Å². The van der Waals surface area contributed by atoms with Gasteiger partial charge >= 0.3 is 6.18 Å². The van der Waals surface area contributed by atoms with Gasteiger partial charge in [-0.25, -0.2) is 0 Å². The third-order valence-electron chi connectivity index (χ3n) is 3.70. The number of hydrogen-bond acceptors (Lipinski definition) is 1. The van der Waals surface area contributed by atoms with Crippen LogP contribution in [0.4, 0.5) is 18.9 Å². The average Bonchev–Trinajstić information content (AvgIpc) is 2.62. The van der Waals surface area contributed by atoms with Crippen molar-refractivity contribution in [3.05, 3.63) is 88.8 Å². The third-order valence-corrected chi connectivity index (χ3v) is 3.70. The number of alkyl halides is 3. The van der Waals surface area contributed by atoms with Crippen molar-refractivity contribution in [3.8, 4) is 22.3 Å². The van der Waals surface area contributed by atoms with Crippen LogP contribution in [0.3, 0.4) is 0 Å². The molecule has 0 heterocycles. The Morgan fingerprint density at radius 2 is 1.56 bits per heavy atom. The number of azide groups is 1. The van der Waals surface area contributed by atoms with Gasteiger partial charge in [0.25, 0.3) is 0 Å². The van der Waals surface area contributed by atoms with E-state index in [-0.39, 0.29) is 16.8 Å². The number of hydrogen-bond donors (Lipinski definition) is 0. The summed E-state index contributed by atoms with van der Waals surface area (Å²) in [5.41, 5.74) is 9.56. The molecule has 3 aromatic carbocycles. The molecular weight excluding hydrogens is 327 g/mol. The Balaban J connectivity index is 2.31. The molecule has 0 fully saturated rings. The van der Waals surface area contributed by atoms with Gasteiger partial charge in [0.05, 0.1) is 11.3 Å². The predicted molar refractivity (Wildman–Crippen MR) is 90.0 cm³/mol. The lowest BCUT2D eigenvalue weighted by Gasteiger charge is -2.16. The lowest BCUT2D eigenvalue weighted by molar-refractivity contribution is -0.137. The van der Waals surface area contributed by atoms with Gasteiger partial charge in [-0.15, -0.1) is 0 Å². The second kappa shape index (κ2) is 6.71. The van der Waals surface area contributed by atoms with E-state index in [4.69, 9.17) is 5.53 Å². The van der Waals surface area contributed by atoms with E-state index in [0.29, 0.717) is 5.56 Å². The van der Waals surface area contributed by atoms with Gasteiger partial charge in [0.15, 0.2) is 0 Å². The summed E-state index contributed by atoms with van der Waals surface area (Å²) >= 11 is 0. The van der Waals surface area contributed by atoms with Gasteiger partial charge in [0, 0.05) is 10.5 Å². The summed E-state index contributed by atoms with van der Waals surface area (Å²) in [6, 6.07) is 20.2. The highest BCUT2D eigenvalue weighted by Crippen LogP contribution is 2.43. The van der Waals surface area contributed by atoms with Gasteiger partial charge in [-0.1, -0.05) is 65.8 Å². The fourth-order valence-electron chi connectivity index (χ4n) is 2.64. The standard InChI is InChI=1S/C19H11F3N3/c20-19(21,22)17-12-5-4-9-15(17)16-11-6-10-14(18(16)24-25-23)13-7-2-1-3-8-13/h1-10,12H. The SMILES string of the molecule is [N-]=[N+]=Nc1c(-c2ccccc2C(F)(F)F)[c]ccc1-c1ccccc1. The summed E-state index contributed by atoms with van der Waals surface area (Å²) in [6.45, 7) is 0. The van der Waals surface area contributed by atoms with E-state index in [1.807, 2.05) is 6.07 Å². The van der Waals surface area contributed by atoms with Crippen molar-refractivity contribution < 1.29 is 13.2 Å². The van der Waals surface area contributed by atoms with Gasteiger partial charge in [-0.3, -0.25) is 0 Å². The van der Waals surface area contributed by atoms with E-state index in [1.54, 1.807) is 30.3 Å². The lowest BCUT2D eigenvalue weighted by Crippen LogP contribution is -2.07. The second-order valence-electron chi connectivity index (χ2n) is 5.21. The van der Waals surface area contributed by atoms with Crippen LogP contribution in [0.2, 0.25) is 0 Å². The van der Waals surface area contributed by atoms with E-state index < -0.39 is 11.7 Å². The lowest BCUT2D eigenvalue weighted by atomic mass is 9.93. The highest BCUT2D eigenvalue weighted by molar-refractivity contribution is 5.89. The van der Waals surface area contributed by atoms with Crippen LogP contribution in [0.5, 0.6) is 0 Å². The smallest absolute Gasteiger partial charge is 0.166 e. The number of benzene rings is 3. The molecule has 3 rings (SSSR count). The topological polar surface area (TPSA) is 48.8 Å². The Hall–Kier alpha value is -3.24. The minimum absolute atomic E-state index is 0.0739. The monoisotopic (exact) mass is 338 g/mol. The molecule has 0 amide bonds. The molecule has 0 aromatic heterocycles. The van der Waals surface area contributed by atoms with Crippen molar-refractivity contribution in [3.63, 3.8) is 0 Å². The maximum atomic E-state index is 13.4. The molecule has 0 unspecified atom stereocenters. The second-order valence-corrected chi connectivity index (χ2v) is 5.21. The van der Waals surface area contributed by atoms with Gasteiger partial charge < -0.3 is 0 Å². The van der Waals surface area contributed by atoms with Crippen LogP contribution in [-0.2, 0) is 6.18 Å². The van der Waals surface area contributed by atoms with Crippen LogP contribution in [0.15, 0.2) is 71.8 Å². The number of nitrogens with zero attached hydrogens (tertiary/aromatic N) is 3. The van der Waals surface area contributed by atoms with Crippen LogP contribution in [0.25, 0.3) is 32.7 Å². The van der Waals surface area contributed by atoms with E-state index in [0.717, 1.165) is 11.6 Å². The average molecular weight is 338 g/mol. The molecule has 6 heteroatoms. The molecule has 25 heavy (non-hydrogen) atoms. The fourth-order valence-corrected chi connectivity index (χ4v) is 2.64. The van der Waals surface area contributed by atoms with Crippen molar-refractivity contribution >= 4 is 5.69 Å². The normalized spacial score (nSPS) is 11.0. The van der Waals surface area contributed by atoms with Gasteiger partial charge in [0.2, 0.25) is 0 Å². The molecule has 0 atom stereocenters. The molecule has 3 aromatic rings. The summed E-state index contributed by atoms with van der Waals surface area (Å²) in [5, 5.41) is 3.66. The predicted octanol–water partition coefficient (Wildman–Crippen LogP) is 6.78. The van der Waals surface area contributed by atoms with Crippen molar-refractivity contribution in [2.75, 3.05) is 0 Å². The van der Waals surface area contributed by atoms with E-state index in [9.17, 15) is 13.2 Å². The maximum absolute atomic E-state index is 13.4. The molecular formula is C19H11F3N3. The number of rotatable bonds is 3. The Morgan fingerprint density at radius 3 is 2.24 bits per heavy atom. The van der Waals surface area contributed by atoms with Crippen LogP contribution >= 0.6 is 0 Å². The molecule has 0 saturated carbocycles. The Kier molecular flexibility index (Phi) is 4.46. The molecule has 0 N–H and O–H groups in total. The minimum atomic E-state index is -4.53. The molecule has 0 aliphatic carbocycles. The zero-order chi connectivity index (χ0) is 17.9. The highest BCUT2D eigenvalue weighted by atomic mass is 19.4. The molecule has 1 radical (unpaired) electrons. The zero-order valence-electron chi connectivity index (χ0n) is 12.8. The molecule has 0 bridgehead atoms. The molecule has 123 valence electrons. The van der Waals surface area contributed by atoms with Crippen LogP contribution < -0.4 is 0 Å². The summed E-state index contributed by atoms with van der Waals surface area (Å²) in [6.07, 6.45) is -4.53. The number of halogens is 3. The van der Waals surface area contributed by atoms with E-state index in [1.165, 1.54) is 24.3 Å². The molecule has 3 nitrogen and oxygen atoms in total. The first-order valence-electron chi connectivity index (χ1n) is 7.34. The largest absolute Gasteiger partial charge is 0.417 e. The fraction of sp³-hybridized carbons (Fsp3) is 0.0526. The van der Waals surface area contributed by atoms with Crippen molar-refractivity contribution in [1.29, 1.82) is 0 Å². The Labute approximate surface area is 142 Å². The Morgan fingerprint density at radius 1 is 0.880 bits per heavy atom. The minimum Gasteiger partial charge on any atom is -0.166 e. The summed E-state index contributed by atoms with van der Waals surface area (Å²) in [4.78, 5) is 2.79. The molecule has 0 spiro atoms. The quantitative estimate of drug-likeness (QED) is 0.287. The highest BCUT2D eigenvalue weighted by Gasteiger charge is 2.33. The third kappa shape index (κ3) is 3.34. The molecule has 0 saturated heterocycles. The van der Waals surface area contributed by atoms with E-state index in [2.05, 4.69) is 16.1 Å². The van der Waals surface area contributed by atoms with Crippen LogP contribution in [0.1, 0.15) is 5.56 Å². The van der Waals surface area contributed by atoms with Crippen LogP contribution in [-0.4, -0.2) is 0 Å². The van der Waals surface area contributed by atoms with Gasteiger partial charge in [-0.2, -0.15) is 13.2 Å². The summed E-state index contributed by atoms with van der Waals surface area (Å²) in [7, 11) is 0. The summed E-state index contributed by atoms with van der Waals surface area (Å²) in [5.74, 6) is 0. The van der Waals surface area contributed by atoms with Crippen LogP contribution in [0, 0.1) is 6.07 Å². The van der Waals surface area contributed by atoms with Crippen molar-refractivity contribution in [2.24, 2.45) is 5.11 Å². The van der Waals surface area contributed by atoms with Crippen molar-refractivity contribution in [2.45, 2.75) is 6.18 Å². The first-order chi connectivity index (χ1) is 12.0. The Bertz CT molecular complexity index is 944. The zero-order valence-corrected chi connectivity index (χ0v) is 12.8. The van der Waals surface area contributed by atoms with Gasteiger partial charge in [-0.05, 0) is 34.4 Å². The molecule has 0 aliphatic rings.